The van der Waals surface area contributed by atoms with Crippen LogP contribution in [-0.4, -0.2) is 0 Å². The SMILES string of the molecule is Cc1ccc(F)c(C(Cl)Cc2ccsc2)c1. The van der Waals surface area contributed by atoms with Gasteiger partial charge in [-0.15, -0.1) is 11.6 Å². The number of benzene rings is 1. The van der Waals surface area contributed by atoms with E-state index >= 15 is 0 Å². The predicted molar refractivity (Wildman–Crippen MR) is 67.8 cm³/mol. The van der Waals surface area contributed by atoms with E-state index in [2.05, 4.69) is 0 Å². The molecule has 2 aromatic rings. The number of rotatable bonds is 3. The van der Waals surface area contributed by atoms with Gasteiger partial charge < -0.3 is 0 Å². The fourth-order valence-electron chi connectivity index (χ4n) is 1.63. The van der Waals surface area contributed by atoms with Crippen LogP contribution in [0.4, 0.5) is 4.39 Å². The van der Waals surface area contributed by atoms with Gasteiger partial charge in [0.25, 0.3) is 0 Å². The Morgan fingerprint density at radius 3 is 2.88 bits per heavy atom. The van der Waals surface area contributed by atoms with Crippen LogP contribution < -0.4 is 0 Å². The van der Waals surface area contributed by atoms with Crippen molar-refractivity contribution >= 4 is 22.9 Å². The molecule has 0 bridgehead atoms. The molecule has 0 radical (unpaired) electrons. The van der Waals surface area contributed by atoms with Crippen molar-refractivity contribution in [2.45, 2.75) is 18.7 Å². The van der Waals surface area contributed by atoms with Crippen LogP contribution in [0.15, 0.2) is 35.0 Å². The molecule has 0 nitrogen and oxygen atoms in total. The maximum atomic E-state index is 13.6. The monoisotopic (exact) mass is 254 g/mol. The minimum absolute atomic E-state index is 0.221. The standard InChI is InChI=1S/C13H12ClFS/c1-9-2-3-13(15)11(6-9)12(14)7-10-4-5-16-8-10/h2-6,8,12H,7H2,1H3. The summed E-state index contributed by atoms with van der Waals surface area (Å²) in [4.78, 5) is 0. The van der Waals surface area contributed by atoms with Crippen LogP contribution in [0.25, 0.3) is 0 Å². The topological polar surface area (TPSA) is 0 Å². The van der Waals surface area contributed by atoms with Crippen molar-refractivity contribution in [3.8, 4) is 0 Å². The summed E-state index contributed by atoms with van der Waals surface area (Å²) < 4.78 is 13.6. The third-order valence-corrected chi connectivity index (χ3v) is 3.61. The molecule has 0 amide bonds. The highest BCUT2D eigenvalue weighted by molar-refractivity contribution is 7.07. The second kappa shape index (κ2) is 4.98. The van der Waals surface area contributed by atoms with Crippen LogP contribution in [0.3, 0.4) is 0 Å². The third kappa shape index (κ3) is 2.63. The molecule has 1 aromatic carbocycles. The first-order chi connectivity index (χ1) is 7.66. The van der Waals surface area contributed by atoms with Crippen molar-refractivity contribution in [1.29, 1.82) is 0 Å². The van der Waals surface area contributed by atoms with Gasteiger partial charge >= 0.3 is 0 Å². The average Bonchev–Trinajstić information content (AvgIpc) is 2.74. The van der Waals surface area contributed by atoms with Crippen LogP contribution in [0.1, 0.15) is 22.1 Å². The minimum atomic E-state index is -0.297. The fraction of sp³-hybridized carbons (Fsp3) is 0.231. The zero-order chi connectivity index (χ0) is 11.5. The van der Waals surface area contributed by atoms with Crippen LogP contribution in [-0.2, 0) is 6.42 Å². The molecule has 1 heterocycles. The first-order valence-electron chi connectivity index (χ1n) is 5.08. The fourth-order valence-corrected chi connectivity index (χ4v) is 2.66. The van der Waals surface area contributed by atoms with E-state index < -0.39 is 0 Å². The molecule has 0 aliphatic carbocycles. The van der Waals surface area contributed by atoms with E-state index in [9.17, 15) is 4.39 Å². The lowest BCUT2D eigenvalue weighted by Crippen LogP contribution is -1.98. The third-order valence-electron chi connectivity index (χ3n) is 2.48. The molecule has 0 aliphatic rings. The Hall–Kier alpha value is -0.860. The highest BCUT2D eigenvalue weighted by Crippen LogP contribution is 2.28. The van der Waals surface area contributed by atoms with Crippen LogP contribution in [0.2, 0.25) is 0 Å². The lowest BCUT2D eigenvalue weighted by Gasteiger charge is -2.10. The smallest absolute Gasteiger partial charge is 0.127 e. The number of alkyl halides is 1. The lowest BCUT2D eigenvalue weighted by molar-refractivity contribution is 0.605. The van der Waals surface area contributed by atoms with E-state index in [1.807, 2.05) is 29.8 Å². The van der Waals surface area contributed by atoms with Gasteiger partial charge in [0.2, 0.25) is 0 Å². The van der Waals surface area contributed by atoms with Gasteiger partial charge in [-0.1, -0.05) is 17.7 Å². The average molecular weight is 255 g/mol. The normalized spacial score (nSPS) is 12.7. The summed E-state index contributed by atoms with van der Waals surface area (Å²) in [6.07, 6.45) is 0.672. The van der Waals surface area contributed by atoms with E-state index in [1.165, 1.54) is 6.07 Å². The van der Waals surface area contributed by atoms with Gasteiger partial charge in [-0.05, 0) is 41.8 Å². The van der Waals surface area contributed by atoms with Gasteiger partial charge in [0, 0.05) is 5.56 Å². The molecule has 1 atom stereocenters. The molecule has 0 N–H and O–H groups in total. The molecular weight excluding hydrogens is 243 g/mol. The Morgan fingerprint density at radius 1 is 1.38 bits per heavy atom. The Bertz CT molecular complexity index is 465. The van der Waals surface area contributed by atoms with Crippen LogP contribution in [0, 0.1) is 12.7 Å². The first-order valence-corrected chi connectivity index (χ1v) is 6.46. The Labute approximate surface area is 104 Å². The molecule has 0 spiro atoms. The van der Waals surface area contributed by atoms with E-state index in [0.29, 0.717) is 12.0 Å². The van der Waals surface area contributed by atoms with Crippen molar-refractivity contribution in [3.63, 3.8) is 0 Å². The first kappa shape index (κ1) is 11.6. The van der Waals surface area contributed by atoms with Crippen molar-refractivity contribution in [2.75, 3.05) is 0 Å². The zero-order valence-corrected chi connectivity index (χ0v) is 10.5. The second-order valence-corrected chi connectivity index (χ2v) is 5.14. The molecule has 1 unspecified atom stereocenters. The van der Waals surface area contributed by atoms with E-state index in [0.717, 1.165) is 11.1 Å². The van der Waals surface area contributed by atoms with E-state index in [1.54, 1.807) is 17.4 Å². The van der Waals surface area contributed by atoms with Gasteiger partial charge in [-0.2, -0.15) is 11.3 Å². The summed E-state index contributed by atoms with van der Waals surface area (Å²) >= 11 is 7.87. The maximum Gasteiger partial charge on any atom is 0.127 e. The lowest BCUT2D eigenvalue weighted by atomic mass is 10.0. The molecule has 0 saturated carbocycles. The number of hydrogen-bond acceptors (Lipinski definition) is 1. The number of thiophene rings is 1. The zero-order valence-electron chi connectivity index (χ0n) is 8.91. The molecule has 2 rings (SSSR count). The Kier molecular flexibility index (Phi) is 3.62. The molecule has 0 saturated heterocycles. The Balaban J connectivity index is 2.20. The molecule has 3 heteroatoms. The van der Waals surface area contributed by atoms with Gasteiger partial charge in [0.1, 0.15) is 5.82 Å². The summed E-state index contributed by atoms with van der Waals surface area (Å²) in [7, 11) is 0. The van der Waals surface area contributed by atoms with Crippen LogP contribution >= 0.6 is 22.9 Å². The van der Waals surface area contributed by atoms with Gasteiger partial charge in [-0.3, -0.25) is 0 Å². The van der Waals surface area contributed by atoms with Crippen molar-refractivity contribution in [3.05, 3.63) is 57.5 Å². The number of aryl methyl sites for hydroxylation is 1. The Morgan fingerprint density at radius 2 is 2.19 bits per heavy atom. The van der Waals surface area contributed by atoms with Gasteiger partial charge in [0.05, 0.1) is 5.38 Å². The maximum absolute atomic E-state index is 13.6. The summed E-state index contributed by atoms with van der Waals surface area (Å²) in [5, 5.41) is 3.75. The summed E-state index contributed by atoms with van der Waals surface area (Å²) in [6, 6.07) is 7.08. The second-order valence-electron chi connectivity index (χ2n) is 3.83. The highest BCUT2D eigenvalue weighted by atomic mass is 35.5. The van der Waals surface area contributed by atoms with Crippen molar-refractivity contribution in [2.24, 2.45) is 0 Å². The number of hydrogen-bond donors (Lipinski definition) is 0. The summed E-state index contributed by atoms with van der Waals surface area (Å²) in [5.41, 5.74) is 2.78. The summed E-state index contributed by atoms with van der Waals surface area (Å²) in [6.45, 7) is 1.94. The quantitative estimate of drug-likeness (QED) is 0.696. The summed E-state index contributed by atoms with van der Waals surface area (Å²) in [5.74, 6) is -0.221. The predicted octanol–water partition coefficient (Wildman–Crippen LogP) is 4.72. The van der Waals surface area contributed by atoms with Crippen molar-refractivity contribution < 1.29 is 4.39 Å². The molecule has 0 aliphatic heterocycles. The minimum Gasteiger partial charge on any atom is -0.207 e. The molecule has 84 valence electrons. The van der Waals surface area contributed by atoms with Gasteiger partial charge in [0.15, 0.2) is 0 Å². The van der Waals surface area contributed by atoms with Crippen molar-refractivity contribution in [1.82, 2.24) is 0 Å². The molecular formula is C13H12ClFS. The van der Waals surface area contributed by atoms with E-state index in [4.69, 9.17) is 11.6 Å². The highest BCUT2D eigenvalue weighted by Gasteiger charge is 2.13. The molecule has 16 heavy (non-hydrogen) atoms. The molecule has 1 aromatic heterocycles. The largest absolute Gasteiger partial charge is 0.207 e. The van der Waals surface area contributed by atoms with Crippen LogP contribution in [0.5, 0.6) is 0 Å². The van der Waals surface area contributed by atoms with Gasteiger partial charge in [-0.25, -0.2) is 4.39 Å². The van der Waals surface area contributed by atoms with E-state index in [-0.39, 0.29) is 11.2 Å². The number of halogens is 2. The molecule has 0 fully saturated rings.